The van der Waals surface area contributed by atoms with Gasteiger partial charge < -0.3 is 5.73 Å². The minimum Gasteiger partial charge on any atom is -0.399 e. The number of fused-ring (bicyclic) bond motifs is 1. The van der Waals surface area contributed by atoms with Crippen LogP contribution >= 0.6 is 0 Å². The van der Waals surface area contributed by atoms with Crippen molar-refractivity contribution in [2.75, 3.05) is 5.73 Å². The average molecular weight is 300 g/mol. The zero-order valence-corrected chi connectivity index (χ0v) is 11.9. The van der Waals surface area contributed by atoms with Crippen LogP contribution in [0.15, 0.2) is 59.6 Å². The van der Waals surface area contributed by atoms with Gasteiger partial charge in [-0.25, -0.2) is 4.39 Å². The summed E-state index contributed by atoms with van der Waals surface area (Å²) in [7, 11) is -1.34. The van der Waals surface area contributed by atoms with Crippen LogP contribution in [0.3, 0.4) is 0 Å². The minimum atomic E-state index is -1.34. The zero-order chi connectivity index (χ0) is 14.8. The van der Waals surface area contributed by atoms with Crippen LogP contribution in [-0.4, -0.2) is 9.19 Å². The van der Waals surface area contributed by atoms with Crippen molar-refractivity contribution in [1.29, 1.82) is 0 Å². The number of rotatable bonds is 3. The highest BCUT2D eigenvalue weighted by atomic mass is 32.2. The molecule has 21 heavy (non-hydrogen) atoms. The van der Waals surface area contributed by atoms with Crippen molar-refractivity contribution in [3.63, 3.8) is 0 Å². The van der Waals surface area contributed by atoms with Gasteiger partial charge in [0.2, 0.25) is 0 Å². The van der Waals surface area contributed by atoms with E-state index in [0.717, 1.165) is 16.5 Å². The fourth-order valence-corrected chi connectivity index (χ4v) is 3.33. The summed E-state index contributed by atoms with van der Waals surface area (Å²) in [6, 6.07) is 13.5. The molecule has 2 aromatic carbocycles. The van der Waals surface area contributed by atoms with Gasteiger partial charge in [0.15, 0.2) is 0 Å². The summed E-state index contributed by atoms with van der Waals surface area (Å²) in [5.74, 6) is -0.158. The molecule has 1 unspecified atom stereocenters. The number of benzene rings is 2. The molecule has 1 aromatic heterocycles. The van der Waals surface area contributed by atoms with Gasteiger partial charge in [0.25, 0.3) is 0 Å². The molecule has 3 rings (SSSR count). The molecule has 1 atom stereocenters. The molecule has 1 heterocycles. The van der Waals surface area contributed by atoms with Crippen LogP contribution in [0.1, 0.15) is 5.56 Å². The van der Waals surface area contributed by atoms with Crippen LogP contribution in [0.25, 0.3) is 10.9 Å². The first kappa shape index (κ1) is 13.7. The van der Waals surface area contributed by atoms with Crippen LogP contribution in [0.4, 0.5) is 10.1 Å². The van der Waals surface area contributed by atoms with E-state index < -0.39 is 16.6 Å². The molecule has 0 radical (unpaired) electrons. The molecule has 0 aliphatic rings. The number of aromatic nitrogens is 1. The van der Waals surface area contributed by atoms with E-state index in [1.165, 1.54) is 12.1 Å². The van der Waals surface area contributed by atoms with Gasteiger partial charge in [0.1, 0.15) is 5.82 Å². The SMILES string of the molecule is Nc1cc(F)cc(S(=O)Cc2ccc3ncccc3c2)c1. The molecule has 0 aliphatic carbocycles. The molecule has 3 aromatic rings. The van der Waals surface area contributed by atoms with Crippen LogP contribution in [0.5, 0.6) is 0 Å². The summed E-state index contributed by atoms with van der Waals surface area (Å²) >= 11 is 0. The van der Waals surface area contributed by atoms with Crippen molar-refractivity contribution >= 4 is 27.4 Å². The highest BCUT2D eigenvalue weighted by Crippen LogP contribution is 2.19. The van der Waals surface area contributed by atoms with Crippen LogP contribution in [-0.2, 0) is 16.6 Å². The molecule has 0 bridgehead atoms. The Morgan fingerprint density at radius 3 is 2.81 bits per heavy atom. The summed E-state index contributed by atoms with van der Waals surface area (Å²) in [6.07, 6.45) is 1.73. The standard InChI is InChI=1S/C16H13FN2OS/c17-13-7-14(18)9-15(8-13)21(20)10-11-3-4-16-12(6-11)2-1-5-19-16/h1-9H,10,18H2. The van der Waals surface area contributed by atoms with E-state index in [4.69, 9.17) is 5.73 Å². The Balaban J connectivity index is 1.88. The smallest absolute Gasteiger partial charge is 0.126 e. The fourth-order valence-electron chi connectivity index (χ4n) is 2.17. The molecule has 0 spiro atoms. The Kier molecular flexibility index (Phi) is 3.66. The Morgan fingerprint density at radius 2 is 2.00 bits per heavy atom. The molecule has 5 heteroatoms. The monoisotopic (exact) mass is 300 g/mol. The summed E-state index contributed by atoms with van der Waals surface area (Å²) in [6.45, 7) is 0. The number of pyridine rings is 1. The third-order valence-corrected chi connectivity index (χ3v) is 4.48. The minimum absolute atomic E-state index is 0.279. The second-order valence-corrected chi connectivity index (χ2v) is 6.19. The van der Waals surface area contributed by atoms with Crippen LogP contribution < -0.4 is 5.73 Å². The van der Waals surface area contributed by atoms with Gasteiger partial charge >= 0.3 is 0 Å². The molecule has 0 saturated carbocycles. The van der Waals surface area contributed by atoms with Gasteiger partial charge in [-0.3, -0.25) is 9.19 Å². The molecule has 0 fully saturated rings. The van der Waals surface area contributed by atoms with Gasteiger partial charge in [-0.1, -0.05) is 12.1 Å². The van der Waals surface area contributed by atoms with E-state index in [1.54, 1.807) is 12.3 Å². The number of nitrogens with two attached hydrogens (primary N) is 1. The first-order valence-corrected chi connectivity index (χ1v) is 7.72. The fraction of sp³-hybridized carbons (Fsp3) is 0.0625. The second-order valence-electron chi connectivity index (χ2n) is 4.74. The Bertz CT molecular complexity index is 815. The van der Waals surface area contributed by atoms with E-state index in [0.29, 0.717) is 10.6 Å². The highest BCUT2D eigenvalue weighted by Gasteiger charge is 2.08. The zero-order valence-electron chi connectivity index (χ0n) is 11.1. The maximum absolute atomic E-state index is 13.3. The Morgan fingerprint density at radius 1 is 1.14 bits per heavy atom. The molecule has 0 saturated heterocycles. The van der Waals surface area contributed by atoms with E-state index in [1.807, 2.05) is 30.3 Å². The number of halogens is 1. The van der Waals surface area contributed by atoms with Gasteiger partial charge in [-0.15, -0.1) is 0 Å². The molecular formula is C16H13FN2OS. The van der Waals surface area contributed by atoms with Gasteiger partial charge in [-0.2, -0.15) is 0 Å². The van der Waals surface area contributed by atoms with Crippen LogP contribution in [0.2, 0.25) is 0 Å². The van der Waals surface area contributed by atoms with Gasteiger partial charge in [0, 0.05) is 22.2 Å². The maximum Gasteiger partial charge on any atom is 0.126 e. The maximum atomic E-state index is 13.3. The lowest BCUT2D eigenvalue weighted by Crippen LogP contribution is -1.99. The average Bonchev–Trinajstić information content (AvgIpc) is 2.46. The molecule has 2 N–H and O–H groups in total. The Labute approximate surface area is 124 Å². The molecule has 106 valence electrons. The van der Waals surface area contributed by atoms with E-state index >= 15 is 0 Å². The summed E-state index contributed by atoms with van der Waals surface area (Å²) in [4.78, 5) is 4.64. The first-order valence-electron chi connectivity index (χ1n) is 6.40. The highest BCUT2D eigenvalue weighted by molar-refractivity contribution is 7.84. The number of hydrogen-bond acceptors (Lipinski definition) is 3. The number of nitrogen functional groups attached to an aromatic ring is 1. The first-order chi connectivity index (χ1) is 10.1. The Hall–Kier alpha value is -2.27. The third kappa shape index (κ3) is 3.08. The lowest BCUT2D eigenvalue weighted by Gasteiger charge is -2.05. The van der Waals surface area contributed by atoms with Crippen molar-refractivity contribution in [3.05, 3.63) is 66.1 Å². The second kappa shape index (κ2) is 5.61. The van der Waals surface area contributed by atoms with Crippen molar-refractivity contribution in [2.45, 2.75) is 10.6 Å². The molecule has 3 nitrogen and oxygen atoms in total. The third-order valence-electron chi connectivity index (χ3n) is 3.12. The molecule has 0 aliphatic heterocycles. The van der Waals surface area contributed by atoms with Crippen LogP contribution in [0, 0.1) is 5.82 Å². The van der Waals surface area contributed by atoms with E-state index in [9.17, 15) is 8.60 Å². The van der Waals surface area contributed by atoms with Crippen molar-refractivity contribution in [2.24, 2.45) is 0 Å². The number of hydrogen-bond donors (Lipinski definition) is 1. The summed E-state index contributed by atoms with van der Waals surface area (Å²) in [5, 5.41) is 0.991. The van der Waals surface area contributed by atoms with Crippen molar-refractivity contribution in [3.8, 4) is 0 Å². The topological polar surface area (TPSA) is 56.0 Å². The van der Waals surface area contributed by atoms with E-state index in [-0.39, 0.29) is 5.69 Å². The number of nitrogens with zero attached hydrogens (tertiary/aromatic N) is 1. The number of anilines is 1. The lowest BCUT2D eigenvalue weighted by atomic mass is 10.1. The molecular weight excluding hydrogens is 287 g/mol. The summed E-state index contributed by atoms with van der Waals surface area (Å²) < 4.78 is 25.6. The summed E-state index contributed by atoms with van der Waals surface area (Å²) in [5.41, 5.74) is 7.67. The largest absolute Gasteiger partial charge is 0.399 e. The van der Waals surface area contributed by atoms with E-state index in [2.05, 4.69) is 4.98 Å². The predicted octanol–water partition coefficient (Wildman–Crippen LogP) is 3.26. The van der Waals surface area contributed by atoms with Crippen molar-refractivity contribution < 1.29 is 8.60 Å². The van der Waals surface area contributed by atoms with Crippen molar-refractivity contribution in [1.82, 2.24) is 4.98 Å². The molecule has 0 amide bonds. The van der Waals surface area contributed by atoms with Gasteiger partial charge in [-0.05, 0) is 42.0 Å². The normalized spacial score (nSPS) is 12.4. The predicted molar refractivity (Wildman–Crippen MR) is 82.7 cm³/mol. The lowest BCUT2D eigenvalue weighted by molar-refractivity contribution is 0.623. The van der Waals surface area contributed by atoms with Gasteiger partial charge in [0.05, 0.1) is 22.1 Å². The quantitative estimate of drug-likeness (QED) is 0.755.